The van der Waals surface area contributed by atoms with Crippen molar-refractivity contribution in [3.05, 3.63) is 0 Å². The van der Waals surface area contributed by atoms with E-state index in [1.54, 1.807) is 0 Å². The van der Waals surface area contributed by atoms with Gasteiger partial charge in [-0.15, -0.1) is 0 Å². The van der Waals surface area contributed by atoms with Crippen molar-refractivity contribution in [3.8, 4) is 0 Å². The van der Waals surface area contributed by atoms with Crippen molar-refractivity contribution in [1.29, 1.82) is 0 Å². The fraction of sp³-hybridized carbons (Fsp3) is 1.00. The first-order valence-electron chi connectivity index (χ1n) is 6.04. The molecule has 0 aromatic carbocycles. The van der Waals surface area contributed by atoms with Crippen LogP contribution in [0.4, 0.5) is 0 Å². The summed E-state index contributed by atoms with van der Waals surface area (Å²) in [6, 6.07) is 0. The third-order valence-corrected chi connectivity index (χ3v) is 2.56. The minimum Gasteiger partial charge on any atom is -0.377 e. The first-order valence-corrected chi connectivity index (χ1v) is 6.04. The average Bonchev–Trinajstić information content (AvgIpc) is 2.16. The van der Waals surface area contributed by atoms with Crippen LogP contribution in [0.1, 0.15) is 52.9 Å². The maximum absolute atomic E-state index is 5.71. The molecular weight excluding hydrogens is 174 g/mol. The number of hydrogen-bond donors (Lipinski definition) is 1. The first kappa shape index (κ1) is 13.9. The summed E-state index contributed by atoms with van der Waals surface area (Å²) >= 11 is 0. The van der Waals surface area contributed by atoms with Gasteiger partial charge in [-0.1, -0.05) is 46.5 Å². The Morgan fingerprint density at radius 3 is 2.21 bits per heavy atom. The smallest absolute Gasteiger partial charge is 0.0720 e. The molecule has 0 aliphatic carbocycles. The van der Waals surface area contributed by atoms with Crippen molar-refractivity contribution in [2.45, 2.75) is 59.0 Å². The van der Waals surface area contributed by atoms with E-state index in [9.17, 15) is 0 Å². The Hall–Kier alpha value is -0.0800. The molecule has 2 heteroatoms. The number of rotatable bonds is 9. The van der Waals surface area contributed by atoms with Gasteiger partial charge in [-0.05, 0) is 12.3 Å². The first-order chi connectivity index (χ1) is 6.72. The fourth-order valence-electron chi connectivity index (χ4n) is 1.47. The second-order valence-corrected chi connectivity index (χ2v) is 4.30. The lowest BCUT2D eigenvalue weighted by atomic mass is 10.1. The molecule has 86 valence electrons. The normalized spacial score (nSPS) is 13.5. The Labute approximate surface area is 89.2 Å². The Kier molecular flexibility index (Phi) is 9.42. The Morgan fingerprint density at radius 2 is 1.71 bits per heavy atom. The lowest BCUT2D eigenvalue weighted by molar-refractivity contribution is 0.0264. The summed E-state index contributed by atoms with van der Waals surface area (Å²) in [6.07, 6.45) is 6.73. The van der Waals surface area contributed by atoms with Crippen LogP contribution in [0.5, 0.6) is 0 Å². The summed E-state index contributed by atoms with van der Waals surface area (Å²) in [5.41, 5.74) is 5.61. The van der Waals surface area contributed by atoms with Crippen molar-refractivity contribution < 1.29 is 4.74 Å². The van der Waals surface area contributed by atoms with Gasteiger partial charge in [0.05, 0.1) is 6.10 Å². The van der Waals surface area contributed by atoms with Crippen LogP contribution in [-0.4, -0.2) is 19.3 Å². The average molecular weight is 201 g/mol. The third-order valence-electron chi connectivity index (χ3n) is 2.56. The van der Waals surface area contributed by atoms with E-state index >= 15 is 0 Å². The Balaban J connectivity index is 3.25. The maximum atomic E-state index is 5.71. The topological polar surface area (TPSA) is 35.2 Å². The predicted octanol–water partition coefficient (Wildman–Crippen LogP) is 2.96. The number of nitrogens with two attached hydrogens (primary N) is 1. The quantitative estimate of drug-likeness (QED) is 0.582. The molecule has 0 bridgehead atoms. The molecule has 14 heavy (non-hydrogen) atoms. The van der Waals surface area contributed by atoms with Gasteiger partial charge >= 0.3 is 0 Å². The molecule has 0 amide bonds. The van der Waals surface area contributed by atoms with Crippen molar-refractivity contribution in [3.63, 3.8) is 0 Å². The number of unbranched alkanes of at least 4 members (excludes halogenated alkanes) is 4. The zero-order valence-electron chi connectivity index (χ0n) is 10.1. The Morgan fingerprint density at radius 1 is 1.07 bits per heavy atom. The summed E-state index contributed by atoms with van der Waals surface area (Å²) in [6.45, 7) is 8.08. The molecule has 0 spiro atoms. The molecule has 0 aromatic rings. The van der Waals surface area contributed by atoms with E-state index in [-0.39, 0.29) is 6.10 Å². The van der Waals surface area contributed by atoms with E-state index in [1.165, 1.54) is 32.1 Å². The van der Waals surface area contributed by atoms with Gasteiger partial charge < -0.3 is 10.5 Å². The highest BCUT2D eigenvalue weighted by Crippen LogP contribution is 2.07. The summed E-state index contributed by atoms with van der Waals surface area (Å²) in [5.74, 6) is 0.538. The lowest BCUT2D eigenvalue weighted by Gasteiger charge is -2.19. The SMILES string of the molecule is CCCCCCCOC(CN)C(C)C. The van der Waals surface area contributed by atoms with Crippen LogP contribution >= 0.6 is 0 Å². The molecule has 1 atom stereocenters. The van der Waals surface area contributed by atoms with Crippen molar-refractivity contribution in [1.82, 2.24) is 0 Å². The van der Waals surface area contributed by atoms with Crippen molar-refractivity contribution in [2.24, 2.45) is 11.7 Å². The third kappa shape index (κ3) is 7.34. The van der Waals surface area contributed by atoms with Gasteiger partial charge in [0.15, 0.2) is 0 Å². The van der Waals surface area contributed by atoms with Crippen LogP contribution in [-0.2, 0) is 4.74 Å². The minimum atomic E-state index is 0.251. The van der Waals surface area contributed by atoms with E-state index in [4.69, 9.17) is 10.5 Å². The highest BCUT2D eigenvalue weighted by atomic mass is 16.5. The highest BCUT2D eigenvalue weighted by Gasteiger charge is 2.10. The number of hydrogen-bond acceptors (Lipinski definition) is 2. The van der Waals surface area contributed by atoms with Gasteiger partial charge in [0.25, 0.3) is 0 Å². The molecule has 2 nitrogen and oxygen atoms in total. The van der Waals surface area contributed by atoms with E-state index in [0.29, 0.717) is 12.5 Å². The molecule has 0 fully saturated rings. The molecule has 0 heterocycles. The van der Waals surface area contributed by atoms with Gasteiger partial charge in [0.1, 0.15) is 0 Å². The maximum Gasteiger partial charge on any atom is 0.0720 e. The van der Waals surface area contributed by atoms with Crippen LogP contribution in [0.25, 0.3) is 0 Å². The van der Waals surface area contributed by atoms with E-state index in [1.807, 2.05) is 0 Å². The predicted molar refractivity (Wildman–Crippen MR) is 62.4 cm³/mol. The Bertz CT molecular complexity index is 115. The van der Waals surface area contributed by atoms with Gasteiger partial charge in [0, 0.05) is 13.2 Å². The highest BCUT2D eigenvalue weighted by molar-refractivity contribution is 4.62. The molecule has 0 rings (SSSR count). The zero-order chi connectivity index (χ0) is 10.8. The number of ether oxygens (including phenoxy) is 1. The van der Waals surface area contributed by atoms with Crippen LogP contribution in [0.15, 0.2) is 0 Å². The van der Waals surface area contributed by atoms with Crippen molar-refractivity contribution in [2.75, 3.05) is 13.2 Å². The van der Waals surface area contributed by atoms with Gasteiger partial charge in [-0.3, -0.25) is 0 Å². The standard InChI is InChI=1S/C12H27NO/c1-4-5-6-7-8-9-14-12(10-13)11(2)3/h11-12H,4-10,13H2,1-3H3. The fourth-order valence-corrected chi connectivity index (χ4v) is 1.47. The molecule has 0 aliphatic rings. The second kappa shape index (κ2) is 9.47. The van der Waals surface area contributed by atoms with E-state index in [0.717, 1.165) is 6.61 Å². The van der Waals surface area contributed by atoms with Gasteiger partial charge in [-0.2, -0.15) is 0 Å². The van der Waals surface area contributed by atoms with Gasteiger partial charge in [0.2, 0.25) is 0 Å². The van der Waals surface area contributed by atoms with Crippen LogP contribution in [0, 0.1) is 5.92 Å². The summed E-state index contributed by atoms with van der Waals surface area (Å²) in [7, 11) is 0. The monoisotopic (exact) mass is 201 g/mol. The van der Waals surface area contributed by atoms with E-state index < -0.39 is 0 Å². The summed E-state index contributed by atoms with van der Waals surface area (Å²) in [5, 5.41) is 0. The molecular formula is C12H27NO. The largest absolute Gasteiger partial charge is 0.377 e. The zero-order valence-corrected chi connectivity index (χ0v) is 10.1. The summed E-state index contributed by atoms with van der Waals surface area (Å²) in [4.78, 5) is 0. The summed E-state index contributed by atoms with van der Waals surface area (Å²) < 4.78 is 5.71. The van der Waals surface area contributed by atoms with Crippen LogP contribution in [0.2, 0.25) is 0 Å². The molecule has 1 unspecified atom stereocenters. The lowest BCUT2D eigenvalue weighted by Crippen LogP contribution is -2.29. The molecule has 2 N–H and O–H groups in total. The van der Waals surface area contributed by atoms with E-state index in [2.05, 4.69) is 20.8 Å². The minimum absolute atomic E-state index is 0.251. The molecule has 0 saturated heterocycles. The van der Waals surface area contributed by atoms with Crippen LogP contribution in [0.3, 0.4) is 0 Å². The van der Waals surface area contributed by atoms with Crippen LogP contribution < -0.4 is 5.73 Å². The second-order valence-electron chi connectivity index (χ2n) is 4.30. The molecule has 0 radical (unpaired) electrons. The van der Waals surface area contributed by atoms with Gasteiger partial charge in [-0.25, -0.2) is 0 Å². The molecule has 0 saturated carbocycles. The van der Waals surface area contributed by atoms with Crippen molar-refractivity contribution >= 4 is 0 Å². The molecule has 0 aliphatic heterocycles. The molecule has 0 aromatic heterocycles.